The van der Waals surface area contributed by atoms with Gasteiger partial charge in [-0.2, -0.15) is 0 Å². The van der Waals surface area contributed by atoms with Gasteiger partial charge >= 0.3 is 0 Å². The van der Waals surface area contributed by atoms with E-state index in [-0.39, 0.29) is 12.4 Å². The highest BCUT2D eigenvalue weighted by molar-refractivity contribution is 6.32. The molecule has 0 aliphatic carbocycles. The Morgan fingerprint density at radius 2 is 2.15 bits per heavy atom. The zero-order valence-corrected chi connectivity index (χ0v) is 8.99. The zero-order valence-electron chi connectivity index (χ0n) is 7.42. The van der Waals surface area contributed by atoms with Crippen molar-refractivity contribution in [2.45, 2.75) is 6.42 Å². The number of nitrogens with two attached hydrogens (primary N) is 1. The second kappa shape index (κ2) is 6.08. The van der Waals surface area contributed by atoms with E-state index in [0.717, 1.165) is 17.7 Å². The zero-order chi connectivity index (χ0) is 8.97. The van der Waals surface area contributed by atoms with Crippen LogP contribution in [0.4, 0.5) is 0 Å². The maximum atomic E-state index is 5.90. The van der Waals surface area contributed by atoms with Crippen LogP contribution in [0.2, 0.25) is 5.02 Å². The van der Waals surface area contributed by atoms with E-state index in [2.05, 4.69) is 0 Å². The number of benzene rings is 1. The minimum absolute atomic E-state index is 0. The molecule has 1 aromatic rings. The van der Waals surface area contributed by atoms with Crippen LogP contribution < -0.4 is 10.5 Å². The van der Waals surface area contributed by atoms with Crippen LogP contribution in [0.15, 0.2) is 18.2 Å². The van der Waals surface area contributed by atoms with Crippen molar-refractivity contribution in [2.75, 3.05) is 13.7 Å². The molecule has 0 saturated heterocycles. The SMILES string of the molecule is COc1c(Cl)cccc1CCN.Cl. The number of hydrogen-bond donors (Lipinski definition) is 1. The third kappa shape index (κ3) is 3.07. The summed E-state index contributed by atoms with van der Waals surface area (Å²) in [5.74, 6) is 0.740. The number of ether oxygens (including phenoxy) is 1. The maximum absolute atomic E-state index is 5.90. The Morgan fingerprint density at radius 1 is 1.46 bits per heavy atom. The molecule has 0 heterocycles. The minimum Gasteiger partial charge on any atom is -0.495 e. The molecular weight excluding hydrogens is 209 g/mol. The number of hydrogen-bond acceptors (Lipinski definition) is 2. The molecule has 2 nitrogen and oxygen atoms in total. The van der Waals surface area contributed by atoms with E-state index < -0.39 is 0 Å². The molecule has 0 amide bonds. The van der Waals surface area contributed by atoms with Crippen molar-refractivity contribution >= 4 is 24.0 Å². The third-order valence-electron chi connectivity index (χ3n) is 1.67. The molecule has 0 aromatic heterocycles. The summed E-state index contributed by atoms with van der Waals surface area (Å²) >= 11 is 5.90. The molecule has 1 aromatic carbocycles. The van der Waals surface area contributed by atoms with E-state index in [1.54, 1.807) is 13.2 Å². The quantitative estimate of drug-likeness (QED) is 0.851. The average molecular weight is 222 g/mol. The molecule has 1 rings (SSSR count). The molecule has 0 aliphatic rings. The van der Waals surface area contributed by atoms with Gasteiger partial charge in [0.1, 0.15) is 5.75 Å². The van der Waals surface area contributed by atoms with E-state index in [1.165, 1.54) is 0 Å². The van der Waals surface area contributed by atoms with Crippen molar-refractivity contribution < 1.29 is 4.74 Å². The number of methoxy groups -OCH3 is 1. The number of rotatable bonds is 3. The Hall–Kier alpha value is -0.440. The standard InChI is InChI=1S/C9H12ClNO.ClH/c1-12-9-7(5-6-11)3-2-4-8(9)10;/h2-4H,5-6,11H2,1H3;1H. The second-order valence-corrected chi connectivity index (χ2v) is 2.88. The average Bonchev–Trinajstić information content (AvgIpc) is 2.05. The van der Waals surface area contributed by atoms with Crippen LogP contribution in [0, 0.1) is 0 Å². The maximum Gasteiger partial charge on any atom is 0.140 e. The lowest BCUT2D eigenvalue weighted by atomic mass is 10.1. The smallest absolute Gasteiger partial charge is 0.140 e. The Labute approximate surface area is 89.4 Å². The third-order valence-corrected chi connectivity index (χ3v) is 1.96. The molecule has 74 valence electrons. The summed E-state index contributed by atoms with van der Waals surface area (Å²) in [4.78, 5) is 0. The Bertz CT molecular complexity index is 266. The van der Waals surface area contributed by atoms with Gasteiger partial charge < -0.3 is 10.5 Å². The van der Waals surface area contributed by atoms with Crippen LogP contribution in [-0.4, -0.2) is 13.7 Å². The van der Waals surface area contributed by atoms with Crippen LogP contribution in [0.25, 0.3) is 0 Å². The molecule has 0 aliphatic heterocycles. The highest BCUT2D eigenvalue weighted by Crippen LogP contribution is 2.28. The van der Waals surface area contributed by atoms with Crippen molar-refractivity contribution in [3.63, 3.8) is 0 Å². The van der Waals surface area contributed by atoms with E-state index in [0.29, 0.717) is 11.6 Å². The first kappa shape index (κ1) is 12.6. The van der Waals surface area contributed by atoms with E-state index in [4.69, 9.17) is 22.1 Å². The van der Waals surface area contributed by atoms with Gasteiger partial charge in [0.25, 0.3) is 0 Å². The summed E-state index contributed by atoms with van der Waals surface area (Å²) < 4.78 is 5.14. The molecule has 0 saturated carbocycles. The fraction of sp³-hybridized carbons (Fsp3) is 0.333. The largest absolute Gasteiger partial charge is 0.495 e. The van der Waals surface area contributed by atoms with Crippen LogP contribution >= 0.6 is 24.0 Å². The molecule has 2 N–H and O–H groups in total. The van der Waals surface area contributed by atoms with Gasteiger partial charge in [-0.05, 0) is 24.6 Å². The highest BCUT2D eigenvalue weighted by atomic mass is 35.5. The van der Waals surface area contributed by atoms with Crippen LogP contribution in [0.5, 0.6) is 5.75 Å². The lowest BCUT2D eigenvalue weighted by molar-refractivity contribution is 0.410. The van der Waals surface area contributed by atoms with Gasteiger partial charge in [0.2, 0.25) is 0 Å². The Balaban J connectivity index is 0.00000144. The molecule has 0 unspecified atom stereocenters. The molecule has 0 fully saturated rings. The van der Waals surface area contributed by atoms with Crippen LogP contribution in [0.3, 0.4) is 0 Å². The van der Waals surface area contributed by atoms with Gasteiger partial charge in [0.15, 0.2) is 0 Å². The predicted octanol–water partition coefficient (Wildman–Crippen LogP) is 2.27. The van der Waals surface area contributed by atoms with Crippen LogP contribution in [-0.2, 0) is 6.42 Å². The first-order chi connectivity index (χ1) is 5.79. The summed E-state index contributed by atoms with van der Waals surface area (Å²) in [5, 5.41) is 0.642. The van der Waals surface area contributed by atoms with E-state index >= 15 is 0 Å². The summed E-state index contributed by atoms with van der Waals surface area (Å²) in [6, 6.07) is 5.67. The molecular formula is C9H13Cl2NO. The van der Waals surface area contributed by atoms with Gasteiger partial charge in [-0.3, -0.25) is 0 Å². The van der Waals surface area contributed by atoms with Gasteiger partial charge in [-0.15, -0.1) is 12.4 Å². The fourth-order valence-corrected chi connectivity index (χ4v) is 1.41. The normalized spacial score (nSPS) is 9.15. The summed E-state index contributed by atoms with van der Waals surface area (Å²) in [6.45, 7) is 0.608. The first-order valence-electron chi connectivity index (χ1n) is 3.81. The lowest BCUT2D eigenvalue weighted by Gasteiger charge is -2.08. The summed E-state index contributed by atoms with van der Waals surface area (Å²) in [7, 11) is 1.61. The molecule has 4 heteroatoms. The van der Waals surface area contributed by atoms with Crippen LogP contribution in [0.1, 0.15) is 5.56 Å². The lowest BCUT2D eigenvalue weighted by Crippen LogP contribution is -2.04. The van der Waals surface area contributed by atoms with Gasteiger partial charge in [0, 0.05) is 0 Å². The van der Waals surface area contributed by atoms with Gasteiger partial charge in [-0.25, -0.2) is 0 Å². The molecule has 0 bridgehead atoms. The topological polar surface area (TPSA) is 35.2 Å². The summed E-state index contributed by atoms with van der Waals surface area (Å²) in [5.41, 5.74) is 6.50. The van der Waals surface area contributed by atoms with Crippen molar-refractivity contribution in [3.8, 4) is 5.75 Å². The van der Waals surface area contributed by atoms with E-state index in [1.807, 2.05) is 12.1 Å². The number of para-hydroxylation sites is 1. The molecule has 0 atom stereocenters. The Morgan fingerprint density at radius 3 is 2.69 bits per heavy atom. The van der Waals surface area contributed by atoms with Gasteiger partial charge in [-0.1, -0.05) is 23.7 Å². The van der Waals surface area contributed by atoms with Crippen molar-refractivity contribution in [3.05, 3.63) is 28.8 Å². The molecule has 0 radical (unpaired) electrons. The second-order valence-electron chi connectivity index (χ2n) is 2.47. The number of halogens is 2. The summed E-state index contributed by atoms with van der Waals surface area (Å²) in [6.07, 6.45) is 0.795. The Kier molecular flexibility index (Phi) is 5.88. The van der Waals surface area contributed by atoms with Crippen molar-refractivity contribution in [1.82, 2.24) is 0 Å². The first-order valence-corrected chi connectivity index (χ1v) is 4.19. The highest BCUT2D eigenvalue weighted by Gasteiger charge is 2.04. The monoisotopic (exact) mass is 221 g/mol. The van der Waals surface area contributed by atoms with Gasteiger partial charge in [0.05, 0.1) is 12.1 Å². The van der Waals surface area contributed by atoms with Crippen molar-refractivity contribution in [1.29, 1.82) is 0 Å². The van der Waals surface area contributed by atoms with Crippen molar-refractivity contribution in [2.24, 2.45) is 5.73 Å². The fourth-order valence-electron chi connectivity index (χ4n) is 1.13. The molecule has 0 spiro atoms. The molecule has 13 heavy (non-hydrogen) atoms. The predicted molar refractivity (Wildman–Crippen MR) is 58.0 cm³/mol. The minimum atomic E-state index is 0. The van der Waals surface area contributed by atoms with E-state index in [9.17, 15) is 0 Å².